The molecule has 1 unspecified atom stereocenters. The molecule has 0 aliphatic carbocycles. The fourth-order valence-electron chi connectivity index (χ4n) is 0.596. The van der Waals surface area contributed by atoms with Gasteiger partial charge in [-0.2, -0.15) is 0 Å². The van der Waals surface area contributed by atoms with E-state index in [1.807, 2.05) is 0 Å². The van der Waals surface area contributed by atoms with Crippen LogP contribution in [0.1, 0.15) is 6.42 Å². The average molecular weight is 141 g/mol. The van der Waals surface area contributed by atoms with Crippen LogP contribution in [-0.2, 0) is 9.63 Å². The van der Waals surface area contributed by atoms with E-state index in [-0.39, 0.29) is 0 Å². The molecule has 0 aromatic heterocycles. The Kier molecular flexibility index (Phi) is 2.04. The number of hydrogen-bond acceptors (Lipinski definition) is 3. The number of carboxylic acids is 1. The van der Waals surface area contributed by atoms with Crippen molar-refractivity contribution in [3.05, 3.63) is 12.2 Å². The van der Waals surface area contributed by atoms with Crippen LogP contribution < -0.4 is 0 Å². The van der Waals surface area contributed by atoms with Crippen LogP contribution in [0.4, 0.5) is 0 Å². The predicted octanol–water partition coefficient (Wildman–Crippen LogP) is 0.402. The van der Waals surface area contributed by atoms with E-state index < -0.39 is 12.1 Å². The highest BCUT2D eigenvalue weighted by atomic mass is 16.6. The molecule has 1 atom stereocenters. The average Bonchev–Trinajstić information content (AvgIpc) is 2.12. The highest BCUT2D eigenvalue weighted by Gasteiger charge is 2.17. The predicted molar refractivity (Wildman–Crippen MR) is 34.8 cm³/mol. The highest BCUT2D eigenvalue weighted by Crippen LogP contribution is 2.02. The molecule has 0 saturated carbocycles. The van der Waals surface area contributed by atoms with Gasteiger partial charge in [0.25, 0.3) is 0 Å². The third-order valence-electron chi connectivity index (χ3n) is 1.10. The normalized spacial score (nSPS) is 23.4. The van der Waals surface area contributed by atoms with Gasteiger partial charge in [0, 0.05) is 6.42 Å². The minimum absolute atomic E-state index is 0.370. The molecule has 0 spiro atoms. The van der Waals surface area contributed by atoms with Crippen molar-refractivity contribution in [1.29, 1.82) is 0 Å². The number of allylic oxidation sites excluding steroid dienone is 1. The first-order valence-electron chi connectivity index (χ1n) is 2.88. The molecular weight excluding hydrogens is 134 g/mol. The van der Waals surface area contributed by atoms with Crippen LogP contribution in [0.2, 0.25) is 0 Å². The van der Waals surface area contributed by atoms with Crippen LogP contribution in [0.3, 0.4) is 0 Å². The van der Waals surface area contributed by atoms with Gasteiger partial charge >= 0.3 is 5.97 Å². The molecule has 1 aliphatic heterocycles. The molecule has 54 valence electrons. The van der Waals surface area contributed by atoms with E-state index >= 15 is 0 Å². The lowest BCUT2D eigenvalue weighted by Crippen LogP contribution is -2.20. The van der Waals surface area contributed by atoms with Crippen LogP contribution >= 0.6 is 0 Å². The third-order valence-corrected chi connectivity index (χ3v) is 1.10. The zero-order valence-corrected chi connectivity index (χ0v) is 5.23. The number of oxime groups is 1. The third kappa shape index (κ3) is 1.58. The van der Waals surface area contributed by atoms with Crippen LogP contribution in [0.25, 0.3) is 0 Å². The SMILES string of the molecule is O=C(O)C1CC=CC=NO1. The number of hydrogen-bond donors (Lipinski definition) is 1. The van der Waals surface area contributed by atoms with Crippen LogP contribution in [-0.4, -0.2) is 23.4 Å². The molecule has 1 aliphatic rings. The maximum absolute atomic E-state index is 10.3. The van der Waals surface area contributed by atoms with Gasteiger partial charge in [0.1, 0.15) is 0 Å². The number of rotatable bonds is 1. The second-order valence-electron chi connectivity index (χ2n) is 1.85. The fourth-order valence-corrected chi connectivity index (χ4v) is 0.596. The van der Waals surface area contributed by atoms with Crippen molar-refractivity contribution in [2.24, 2.45) is 5.16 Å². The Morgan fingerprint density at radius 1 is 1.80 bits per heavy atom. The molecule has 0 aromatic carbocycles. The maximum Gasteiger partial charge on any atom is 0.348 e. The molecule has 1 N–H and O–H groups in total. The quantitative estimate of drug-likeness (QED) is 0.575. The summed E-state index contributed by atoms with van der Waals surface area (Å²) >= 11 is 0. The fraction of sp³-hybridized carbons (Fsp3) is 0.333. The minimum Gasteiger partial charge on any atom is -0.478 e. The summed E-state index contributed by atoms with van der Waals surface area (Å²) in [5.41, 5.74) is 0. The summed E-state index contributed by atoms with van der Waals surface area (Å²) in [7, 11) is 0. The molecule has 1 rings (SSSR count). The number of aliphatic carboxylic acids is 1. The largest absolute Gasteiger partial charge is 0.478 e. The topological polar surface area (TPSA) is 58.9 Å². The smallest absolute Gasteiger partial charge is 0.348 e. The van der Waals surface area contributed by atoms with Crippen molar-refractivity contribution in [2.75, 3.05) is 0 Å². The van der Waals surface area contributed by atoms with Gasteiger partial charge in [-0.05, 0) is 6.08 Å². The maximum atomic E-state index is 10.3. The van der Waals surface area contributed by atoms with E-state index in [0.717, 1.165) is 0 Å². The molecule has 0 radical (unpaired) electrons. The lowest BCUT2D eigenvalue weighted by Gasteiger charge is -2.04. The van der Waals surface area contributed by atoms with Crippen molar-refractivity contribution in [1.82, 2.24) is 0 Å². The summed E-state index contributed by atoms with van der Waals surface area (Å²) in [4.78, 5) is 14.8. The lowest BCUT2D eigenvalue weighted by molar-refractivity contribution is -0.149. The van der Waals surface area contributed by atoms with Crippen molar-refractivity contribution < 1.29 is 14.7 Å². The molecule has 0 saturated heterocycles. The van der Waals surface area contributed by atoms with Gasteiger partial charge in [0.15, 0.2) is 0 Å². The lowest BCUT2D eigenvalue weighted by atomic mass is 10.2. The van der Waals surface area contributed by atoms with Gasteiger partial charge < -0.3 is 9.94 Å². The standard InChI is InChI=1S/C6H7NO3/c8-6(9)5-3-1-2-4-7-10-5/h1-2,4-5H,3H2,(H,8,9). The summed E-state index contributed by atoms with van der Waals surface area (Å²) < 4.78 is 0. The molecule has 1 heterocycles. The van der Waals surface area contributed by atoms with Crippen molar-refractivity contribution in [2.45, 2.75) is 12.5 Å². The zero-order valence-electron chi connectivity index (χ0n) is 5.23. The molecular formula is C6H7NO3. The minimum atomic E-state index is -0.983. The van der Waals surface area contributed by atoms with E-state index in [1.54, 1.807) is 12.2 Å². The van der Waals surface area contributed by atoms with E-state index in [2.05, 4.69) is 9.99 Å². The number of carboxylic acid groups (broad SMARTS) is 1. The van der Waals surface area contributed by atoms with Crippen molar-refractivity contribution in [3.63, 3.8) is 0 Å². The first-order chi connectivity index (χ1) is 4.80. The van der Waals surface area contributed by atoms with Crippen LogP contribution in [0, 0.1) is 0 Å². The van der Waals surface area contributed by atoms with Gasteiger partial charge in [-0.3, -0.25) is 0 Å². The summed E-state index contributed by atoms with van der Waals surface area (Å²) in [5.74, 6) is -0.983. The Balaban J connectivity index is 2.55. The summed E-state index contributed by atoms with van der Waals surface area (Å²) in [6, 6.07) is 0. The first-order valence-corrected chi connectivity index (χ1v) is 2.88. The van der Waals surface area contributed by atoms with E-state index in [9.17, 15) is 4.79 Å². The zero-order chi connectivity index (χ0) is 7.40. The Hall–Kier alpha value is -1.32. The number of nitrogens with zero attached hydrogens (tertiary/aromatic N) is 1. The molecule has 4 nitrogen and oxygen atoms in total. The monoisotopic (exact) mass is 141 g/mol. The molecule has 4 heteroatoms. The van der Waals surface area contributed by atoms with E-state index in [0.29, 0.717) is 6.42 Å². The second kappa shape index (κ2) is 3.00. The van der Waals surface area contributed by atoms with E-state index in [1.165, 1.54) is 6.21 Å². The van der Waals surface area contributed by atoms with Gasteiger partial charge in [-0.15, -0.1) is 0 Å². The van der Waals surface area contributed by atoms with Crippen LogP contribution in [0.15, 0.2) is 17.3 Å². The summed E-state index contributed by atoms with van der Waals surface area (Å²) in [6.07, 6.45) is 4.33. The molecule has 0 bridgehead atoms. The molecule has 0 aromatic rings. The Labute approximate surface area is 57.8 Å². The van der Waals surface area contributed by atoms with Crippen molar-refractivity contribution >= 4 is 12.2 Å². The van der Waals surface area contributed by atoms with Crippen molar-refractivity contribution in [3.8, 4) is 0 Å². The molecule has 10 heavy (non-hydrogen) atoms. The first kappa shape index (κ1) is 6.80. The summed E-state index contributed by atoms with van der Waals surface area (Å²) in [5, 5.41) is 11.8. The van der Waals surface area contributed by atoms with Crippen LogP contribution in [0.5, 0.6) is 0 Å². The molecule has 0 fully saturated rings. The van der Waals surface area contributed by atoms with Gasteiger partial charge in [-0.25, -0.2) is 4.79 Å². The van der Waals surface area contributed by atoms with Gasteiger partial charge in [-0.1, -0.05) is 11.2 Å². The second-order valence-corrected chi connectivity index (χ2v) is 1.85. The highest BCUT2D eigenvalue weighted by molar-refractivity contribution is 5.75. The Bertz CT molecular complexity index is 171. The summed E-state index contributed by atoms with van der Waals surface area (Å²) in [6.45, 7) is 0. The van der Waals surface area contributed by atoms with Gasteiger partial charge in [0.05, 0.1) is 6.21 Å². The number of carbonyl (C=O) groups is 1. The Morgan fingerprint density at radius 3 is 3.30 bits per heavy atom. The van der Waals surface area contributed by atoms with E-state index in [4.69, 9.17) is 5.11 Å². The molecule has 0 amide bonds. The Morgan fingerprint density at radius 2 is 2.60 bits per heavy atom. The van der Waals surface area contributed by atoms with Gasteiger partial charge in [0.2, 0.25) is 6.10 Å².